The molecule has 0 spiro atoms. The largest absolute Gasteiger partial charge is 0.379 e. The summed E-state index contributed by atoms with van der Waals surface area (Å²) >= 11 is 0. The molecule has 1 aliphatic carbocycles. The van der Waals surface area contributed by atoms with E-state index >= 15 is 0 Å². The first kappa shape index (κ1) is 20.4. The lowest BCUT2D eigenvalue weighted by atomic mass is 9.95. The van der Waals surface area contributed by atoms with E-state index in [9.17, 15) is 0 Å². The molecule has 9 nitrogen and oxygen atoms in total. The second-order valence-corrected chi connectivity index (χ2v) is 8.59. The van der Waals surface area contributed by atoms with Gasteiger partial charge in [-0.05, 0) is 26.7 Å². The molecule has 9 heteroatoms. The van der Waals surface area contributed by atoms with Crippen molar-refractivity contribution in [2.24, 2.45) is 0 Å². The molecule has 166 valence electrons. The third kappa shape index (κ3) is 4.16. The molecule has 2 fully saturated rings. The molecule has 0 aromatic carbocycles. The van der Waals surface area contributed by atoms with E-state index in [2.05, 4.69) is 19.9 Å². The summed E-state index contributed by atoms with van der Waals surface area (Å²) in [5, 5.41) is 7.64. The number of aryl methyl sites for hydroxylation is 2. The summed E-state index contributed by atoms with van der Waals surface area (Å²) in [6.45, 7) is 9.14. The quantitative estimate of drug-likeness (QED) is 0.643. The van der Waals surface area contributed by atoms with E-state index in [0.717, 1.165) is 73.4 Å². The average molecular weight is 426 g/mol. The van der Waals surface area contributed by atoms with Crippen molar-refractivity contribution in [3.63, 3.8) is 0 Å². The van der Waals surface area contributed by atoms with E-state index in [1.165, 1.54) is 32.1 Å². The SMILES string of the molecule is Cc1noc(C)c1-c1nc(NCCN2CCOCC2)c2ncn(C3CCCCC3)c2n1. The Labute approximate surface area is 182 Å². The predicted octanol–water partition coefficient (Wildman–Crippen LogP) is 3.35. The highest BCUT2D eigenvalue weighted by Crippen LogP contribution is 2.33. The monoisotopic (exact) mass is 425 g/mol. The third-order valence-corrected chi connectivity index (χ3v) is 6.47. The van der Waals surface area contributed by atoms with Gasteiger partial charge < -0.3 is 19.1 Å². The third-order valence-electron chi connectivity index (χ3n) is 6.47. The molecule has 0 unspecified atom stereocenters. The predicted molar refractivity (Wildman–Crippen MR) is 118 cm³/mol. The van der Waals surface area contributed by atoms with Gasteiger partial charge in [0.1, 0.15) is 11.3 Å². The number of nitrogens with zero attached hydrogens (tertiary/aromatic N) is 6. The highest BCUT2D eigenvalue weighted by molar-refractivity contribution is 5.85. The van der Waals surface area contributed by atoms with Crippen LogP contribution in [0.25, 0.3) is 22.6 Å². The lowest BCUT2D eigenvalue weighted by Crippen LogP contribution is -2.39. The van der Waals surface area contributed by atoms with Gasteiger partial charge in [0.2, 0.25) is 0 Å². The molecule has 1 saturated heterocycles. The van der Waals surface area contributed by atoms with Crippen LogP contribution < -0.4 is 5.32 Å². The van der Waals surface area contributed by atoms with Gasteiger partial charge in [-0.15, -0.1) is 0 Å². The standard InChI is InChI=1S/C22H31N7O2/c1-15-18(16(2)31-27-15)20-25-21(23-8-9-28-10-12-30-13-11-28)19-22(26-20)29(14-24-19)17-6-4-3-5-7-17/h14,17H,3-13H2,1-2H3,(H,23,25,26). The summed E-state index contributed by atoms with van der Waals surface area (Å²) in [7, 11) is 0. The Morgan fingerprint density at radius 3 is 2.65 bits per heavy atom. The number of aromatic nitrogens is 5. The molecular weight excluding hydrogens is 394 g/mol. The average Bonchev–Trinajstić information content (AvgIpc) is 3.38. The summed E-state index contributed by atoms with van der Waals surface area (Å²) < 4.78 is 13.1. The molecule has 0 atom stereocenters. The molecule has 1 saturated carbocycles. The summed E-state index contributed by atoms with van der Waals surface area (Å²) in [6, 6.07) is 0.451. The first-order valence-corrected chi connectivity index (χ1v) is 11.4. The highest BCUT2D eigenvalue weighted by atomic mass is 16.5. The van der Waals surface area contributed by atoms with Crippen LogP contribution >= 0.6 is 0 Å². The maximum atomic E-state index is 5.45. The summed E-state index contributed by atoms with van der Waals surface area (Å²) in [6.07, 6.45) is 8.13. The minimum Gasteiger partial charge on any atom is -0.379 e. The Balaban J connectivity index is 1.49. The number of ether oxygens (including phenoxy) is 1. The van der Waals surface area contributed by atoms with Crippen molar-refractivity contribution in [3.05, 3.63) is 17.8 Å². The first-order chi connectivity index (χ1) is 15.2. The number of nitrogens with one attached hydrogen (secondary N) is 1. The summed E-state index contributed by atoms with van der Waals surface area (Å²) in [4.78, 5) is 17.0. The molecule has 0 bridgehead atoms. The van der Waals surface area contributed by atoms with Gasteiger partial charge in [-0.2, -0.15) is 0 Å². The fraction of sp³-hybridized carbons (Fsp3) is 0.636. The van der Waals surface area contributed by atoms with E-state index < -0.39 is 0 Å². The number of imidazole rings is 1. The maximum Gasteiger partial charge on any atom is 0.169 e. The van der Waals surface area contributed by atoms with Gasteiger partial charge in [0.15, 0.2) is 17.3 Å². The Kier molecular flexibility index (Phi) is 5.87. The van der Waals surface area contributed by atoms with Crippen LogP contribution in [0.3, 0.4) is 0 Å². The zero-order valence-corrected chi connectivity index (χ0v) is 18.4. The van der Waals surface area contributed by atoms with Gasteiger partial charge in [-0.25, -0.2) is 15.0 Å². The minimum atomic E-state index is 0.451. The van der Waals surface area contributed by atoms with Crippen molar-refractivity contribution in [1.29, 1.82) is 0 Å². The van der Waals surface area contributed by atoms with Gasteiger partial charge in [-0.1, -0.05) is 24.4 Å². The Morgan fingerprint density at radius 2 is 1.90 bits per heavy atom. The van der Waals surface area contributed by atoms with Crippen molar-refractivity contribution >= 4 is 17.0 Å². The molecule has 0 amide bonds. The Bertz CT molecular complexity index is 1010. The van der Waals surface area contributed by atoms with Crippen molar-refractivity contribution in [2.45, 2.75) is 52.0 Å². The molecule has 4 heterocycles. The fourth-order valence-electron chi connectivity index (χ4n) is 4.74. The van der Waals surface area contributed by atoms with E-state index in [1.54, 1.807) is 0 Å². The number of anilines is 1. The van der Waals surface area contributed by atoms with Gasteiger partial charge in [0.25, 0.3) is 0 Å². The molecule has 0 radical (unpaired) electrons. The molecule has 3 aromatic heterocycles. The van der Waals surface area contributed by atoms with Crippen LogP contribution in [-0.4, -0.2) is 69.0 Å². The number of rotatable bonds is 6. The van der Waals surface area contributed by atoms with Crippen molar-refractivity contribution in [1.82, 2.24) is 29.6 Å². The highest BCUT2D eigenvalue weighted by Gasteiger charge is 2.23. The summed E-state index contributed by atoms with van der Waals surface area (Å²) in [5.74, 6) is 2.16. The lowest BCUT2D eigenvalue weighted by molar-refractivity contribution is 0.0398. The van der Waals surface area contributed by atoms with Crippen LogP contribution in [0.2, 0.25) is 0 Å². The minimum absolute atomic E-state index is 0.451. The van der Waals surface area contributed by atoms with Crippen LogP contribution in [0.4, 0.5) is 5.82 Å². The van der Waals surface area contributed by atoms with E-state index in [0.29, 0.717) is 11.9 Å². The number of hydrogen-bond donors (Lipinski definition) is 1. The van der Waals surface area contributed by atoms with Crippen LogP contribution in [0.1, 0.15) is 49.6 Å². The molecule has 1 aliphatic heterocycles. The first-order valence-electron chi connectivity index (χ1n) is 11.4. The van der Waals surface area contributed by atoms with Crippen LogP contribution in [0, 0.1) is 13.8 Å². The van der Waals surface area contributed by atoms with E-state index in [1.807, 2.05) is 20.2 Å². The van der Waals surface area contributed by atoms with Crippen LogP contribution in [-0.2, 0) is 4.74 Å². The smallest absolute Gasteiger partial charge is 0.169 e. The molecule has 2 aliphatic rings. The second kappa shape index (κ2) is 8.92. The maximum absolute atomic E-state index is 5.45. The Morgan fingerprint density at radius 1 is 1.10 bits per heavy atom. The second-order valence-electron chi connectivity index (χ2n) is 8.59. The topological polar surface area (TPSA) is 94.1 Å². The Hall–Kier alpha value is -2.52. The van der Waals surface area contributed by atoms with Crippen LogP contribution in [0.15, 0.2) is 10.9 Å². The van der Waals surface area contributed by atoms with E-state index in [4.69, 9.17) is 24.2 Å². The van der Waals surface area contributed by atoms with Gasteiger partial charge in [-0.3, -0.25) is 4.90 Å². The van der Waals surface area contributed by atoms with Crippen molar-refractivity contribution in [2.75, 3.05) is 44.7 Å². The molecule has 5 rings (SSSR count). The number of fused-ring (bicyclic) bond motifs is 1. The summed E-state index contributed by atoms with van der Waals surface area (Å²) in [5.41, 5.74) is 3.41. The van der Waals surface area contributed by atoms with E-state index in [-0.39, 0.29) is 0 Å². The fourth-order valence-corrected chi connectivity index (χ4v) is 4.74. The van der Waals surface area contributed by atoms with Crippen molar-refractivity contribution in [3.8, 4) is 11.4 Å². The number of hydrogen-bond acceptors (Lipinski definition) is 8. The van der Waals surface area contributed by atoms with Gasteiger partial charge in [0.05, 0.1) is 30.8 Å². The molecular formula is C22H31N7O2. The lowest BCUT2D eigenvalue weighted by Gasteiger charge is -2.26. The molecule has 1 N–H and O–H groups in total. The number of morpholine rings is 1. The molecule has 3 aromatic rings. The molecule has 31 heavy (non-hydrogen) atoms. The zero-order valence-electron chi connectivity index (χ0n) is 18.4. The normalized spacial score (nSPS) is 18.6. The zero-order chi connectivity index (χ0) is 21.2. The van der Waals surface area contributed by atoms with Crippen LogP contribution in [0.5, 0.6) is 0 Å². The van der Waals surface area contributed by atoms with Gasteiger partial charge >= 0.3 is 0 Å². The van der Waals surface area contributed by atoms with Gasteiger partial charge in [0, 0.05) is 32.2 Å². The van der Waals surface area contributed by atoms with Crippen molar-refractivity contribution < 1.29 is 9.26 Å².